The second kappa shape index (κ2) is 8.81. The maximum Gasteiger partial charge on any atom is 0.417 e. The molecule has 1 aromatic carbocycles. The van der Waals surface area contributed by atoms with Crippen molar-refractivity contribution in [1.82, 2.24) is 25.4 Å². The number of nitrogens with one attached hydrogen (secondary N) is 2. The summed E-state index contributed by atoms with van der Waals surface area (Å²) in [4.78, 5) is 32.2. The van der Waals surface area contributed by atoms with Gasteiger partial charge in [0.1, 0.15) is 5.82 Å². The van der Waals surface area contributed by atoms with E-state index in [9.17, 15) is 22.8 Å². The highest BCUT2D eigenvalue weighted by molar-refractivity contribution is 6.10. The van der Waals surface area contributed by atoms with E-state index >= 15 is 0 Å². The van der Waals surface area contributed by atoms with Crippen LogP contribution in [-0.2, 0) is 23.9 Å². The number of anilines is 1. The summed E-state index contributed by atoms with van der Waals surface area (Å²) >= 11 is 0. The Balaban J connectivity index is 1.28. The van der Waals surface area contributed by atoms with Crippen molar-refractivity contribution in [3.05, 3.63) is 65.0 Å². The van der Waals surface area contributed by atoms with Crippen LogP contribution in [0.2, 0.25) is 0 Å². The topological polar surface area (TPSA) is 94.2 Å². The van der Waals surface area contributed by atoms with Gasteiger partial charge in [0.2, 0.25) is 5.91 Å². The molecule has 2 aromatic heterocycles. The predicted octanol–water partition coefficient (Wildman–Crippen LogP) is 3.01. The number of carbonyl (C=O) groups is 2. The van der Waals surface area contributed by atoms with E-state index in [0.29, 0.717) is 43.1 Å². The van der Waals surface area contributed by atoms with Gasteiger partial charge in [0.25, 0.3) is 5.91 Å². The lowest BCUT2D eigenvalue weighted by Gasteiger charge is -2.40. The van der Waals surface area contributed by atoms with E-state index in [1.165, 1.54) is 6.07 Å². The number of hydrogen-bond donors (Lipinski definition) is 2. The van der Waals surface area contributed by atoms with Crippen molar-refractivity contribution in [3.8, 4) is 11.3 Å². The van der Waals surface area contributed by atoms with Crippen molar-refractivity contribution < 1.29 is 22.8 Å². The fourth-order valence-corrected chi connectivity index (χ4v) is 4.67. The van der Waals surface area contributed by atoms with E-state index in [4.69, 9.17) is 0 Å². The number of aromatic amines is 1. The highest BCUT2D eigenvalue weighted by Crippen LogP contribution is 2.31. The van der Waals surface area contributed by atoms with Crippen LogP contribution in [0.4, 0.5) is 19.0 Å². The fraction of sp³-hybridized carbons (Fsp3) is 0.333. The van der Waals surface area contributed by atoms with Gasteiger partial charge < -0.3 is 4.90 Å². The van der Waals surface area contributed by atoms with Crippen LogP contribution in [0.15, 0.2) is 42.7 Å². The normalized spacial score (nSPS) is 19.0. The van der Waals surface area contributed by atoms with Crippen LogP contribution < -0.4 is 10.2 Å². The van der Waals surface area contributed by atoms with Crippen molar-refractivity contribution in [1.29, 1.82) is 0 Å². The Morgan fingerprint density at radius 1 is 1.14 bits per heavy atom. The molecule has 2 amide bonds. The van der Waals surface area contributed by atoms with Crippen LogP contribution >= 0.6 is 0 Å². The highest BCUT2D eigenvalue weighted by Gasteiger charge is 2.32. The summed E-state index contributed by atoms with van der Waals surface area (Å²) in [5.74, 6) is -0.188. The minimum atomic E-state index is -4.41. The minimum Gasteiger partial charge on any atom is -0.351 e. The van der Waals surface area contributed by atoms with Gasteiger partial charge in [-0.1, -0.05) is 12.1 Å². The standard InChI is InChI=1S/C24H23F3N6O2/c1-14-12-32(6-7-33(14)20-5-4-18(11-28-20)24(25,26)27)13-17-10-29-31-22(17)16-3-2-15-9-21(34)30-23(35)19(15)8-16/h2-5,8,10-11,14H,6-7,9,12-13H2,1H3,(H,29,31)(H,30,34,35)/t14-/m1/s1. The van der Waals surface area contributed by atoms with E-state index in [0.717, 1.165) is 29.1 Å². The third-order valence-electron chi connectivity index (χ3n) is 6.43. The first-order valence-electron chi connectivity index (χ1n) is 11.2. The van der Waals surface area contributed by atoms with Gasteiger partial charge in [0.15, 0.2) is 0 Å². The zero-order valence-electron chi connectivity index (χ0n) is 18.9. The molecule has 0 spiro atoms. The van der Waals surface area contributed by atoms with Crippen LogP contribution in [0.25, 0.3) is 11.3 Å². The summed E-state index contributed by atoms with van der Waals surface area (Å²) in [5.41, 5.74) is 2.89. The highest BCUT2D eigenvalue weighted by atomic mass is 19.4. The molecule has 2 aliphatic heterocycles. The molecule has 0 bridgehead atoms. The van der Waals surface area contributed by atoms with Crippen LogP contribution in [0.1, 0.15) is 34.0 Å². The number of imide groups is 1. The molecular formula is C24H23F3N6O2. The summed E-state index contributed by atoms with van der Waals surface area (Å²) in [6.07, 6.45) is -1.53. The minimum absolute atomic E-state index is 0.0494. The molecule has 1 atom stereocenters. The molecule has 1 saturated heterocycles. The monoisotopic (exact) mass is 484 g/mol. The fourth-order valence-electron chi connectivity index (χ4n) is 4.67. The molecule has 8 nitrogen and oxygen atoms in total. The molecular weight excluding hydrogens is 461 g/mol. The van der Waals surface area contributed by atoms with Crippen molar-refractivity contribution in [2.24, 2.45) is 0 Å². The van der Waals surface area contributed by atoms with Gasteiger partial charge in [-0.2, -0.15) is 18.3 Å². The van der Waals surface area contributed by atoms with Gasteiger partial charge in [-0.25, -0.2) is 4.98 Å². The van der Waals surface area contributed by atoms with Crippen LogP contribution in [0.5, 0.6) is 0 Å². The second-order valence-corrected chi connectivity index (χ2v) is 8.87. The summed E-state index contributed by atoms with van der Waals surface area (Å²) in [6.45, 7) is 4.66. The molecule has 2 aliphatic rings. The maximum absolute atomic E-state index is 12.8. The lowest BCUT2D eigenvalue weighted by Crippen LogP contribution is -2.51. The smallest absolute Gasteiger partial charge is 0.351 e. The summed E-state index contributed by atoms with van der Waals surface area (Å²) in [5, 5.41) is 9.63. The van der Waals surface area contributed by atoms with Crippen molar-refractivity contribution in [3.63, 3.8) is 0 Å². The number of halogens is 3. The van der Waals surface area contributed by atoms with Crippen LogP contribution in [0, 0.1) is 0 Å². The Morgan fingerprint density at radius 3 is 2.69 bits per heavy atom. The Kier molecular flexibility index (Phi) is 5.79. The first kappa shape index (κ1) is 23.0. The van der Waals surface area contributed by atoms with Crippen molar-refractivity contribution in [2.45, 2.75) is 32.1 Å². The molecule has 4 heterocycles. The van der Waals surface area contributed by atoms with Gasteiger partial charge in [0, 0.05) is 61.3 Å². The largest absolute Gasteiger partial charge is 0.417 e. The van der Waals surface area contributed by atoms with E-state index in [2.05, 4.69) is 25.4 Å². The average Bonchev–Trinajstić information content (AvgIpc) is 3.26. The van der Waals surface area contributed by atoms with Gasteiger partial charge in [0.05, 0.1) is 17.7 Å². The van der Waals surface area contributed by atoms with Gasteiger partial charge in [-0.15, -0.1) is 0 Å². The summed E-state index contributed by atoms with van der Waals surface area (Å²) in [7, 11) is 0. The second-order valence-electron chi connectivity index (χ2n) is 8.87. The molecule has 11 heteroatoms. The number of H-pyrrole nitrogens is 1. The maximum atomic E-state index is 12.8. The third-order valence-corrected chi connectivity index (χ3v) is 6.43. The zero-order valence-corrected chi connectivity index (χ0v) is 18.9. The first-order chi connectivity index (χ1) is 16.7. The predicted molar refractivity (Wildman–Crippen MR) is 122 cm³/mol. The molecule has 3 aromatic rings. The van der Waals surface area contributed by atoms with E-state index in [1.54, 1.807) is 12.1 Å². The number of hydrogen-bond acceptors (Lipinski definition) is 6. The third kappa shape index (κ3) is 4.63. The number of nitrogens with zero attached hydrogens (tertiary/aromatic N) is 4. The van der Waals surface area contributed by atoms with Crippen molar-refractivity contribution >= 4 is 17.6 Å². The number of carbonyl (C=O) groups excluding carboxylic acids is 2. The SMILES string of the molecule is C[C@@H]1CN(Cc2c[nH]nc2-c2ccc3c(c2)C(=O)NC(=O)C3)CCN1c1ccc(C(F)(F)F)cn1. The molecule has 1 fully saturated rings. The number of pyridine rings is 1. The van der Waals surface area contributed by atoms with Gasteiger partial charge in [-0.3, -0.25) is 24.9 Å². The summed E-state index contributed by atoms with van der Waals surface area (Å²) < 4.78 is 38.5. The lowest BCUT2D eigenvalue weighted by atomic mass is 9.95. The number of benzene rings is 1. The molecule has 0 radical (unpaired) electrons. The Morgan fingerprint density at radius 2 is 1.97 bits per heavy atom. The molecule has 35 heavy (non-hydrogen) atoms. The molecule has 5 rings (SSSR count). The van der Waals surface area contributed by atoms with Crippen LogP contribution in [0.3, 0.4) is 0 Å². The number of piperazine rings is 1. The number of alkyl halides is 3. The van der Waals surface area contributed by atoms with E-state index < -0.39 is 17.6 Å². The average molecular weight is 484 g/mol. The summed E-state index contributed by atoms with van der Waals surface area (Å²) in [6, 6.07) is 7.94. The number of amides is 2. The van der Waals surface area contributed by atoms with Crippen LogP contribution in [-0.4, -0.2) is 57.6 Å². The number of fused-ring (bicyclic) bond motifs is 1. The van der Waals surface area contributed by atoms with Crippen molar-refractivity contribution in [2.75, 3.05) is 24.5 Å². The molecule has 0 saturated carbocycles. The quantitative estimate of drug-likeness (QED) is 0.553. The Bertz CT molecular complexity index is 1270. The molecule has 0 unspecified atom stereocenters. The lowest BCUT2D eigenvalue weighted by molar-refractivity contribution is -0.137. The molecule has 2 N–H and O–H groups in total. The zero-order chi connectivity index (χ0) is 24.7. The first-order valence-corrected chi connectivity index (χ1v) is 11.2. The molecule has 182 valence electrons. The van der Waals surface area contributed by atoms with Gasteiger partial charge in [-0.05, 0) is 30.7 Å². The molecule has 0 aliphatic carbocycles. The Hall–Kier alpha value is -3.73. The number of rotatable bonds is 4. The van der Waals surface area contributed by atoms with E-state index in [1.807, 2.05) is 24.1 Å². The van der Waals surface area contributed by atoms with E-state index in [-0.39, 0.29) is 18.4 Å². The Labute approximate surface area is 199 Å². The van der Waals surface area contributed by atoms with Gasteiger partial charge >= 0.3 is 6.18 Å². The number of aromatic nitrogens is 3.